The number of piperazine rings is 1. The molecular weight excluding hydrogens is 470 g/mol. The SMILES string of the molecule is NC(=O)c1ccc(N2CCN(Cc3ccccc3-c3ccc(Cl)cc3)CC2)cc1Oc1ccccc1. The Hall–Kier alpha value is -3.80. The Bertz CT molecular complexity index is 1330. The number of benzene rings is 4. The number of anilines is 1. The molecule has 1 saturated heterocycles. The molecule has 5 rings (SSSR count). The van der Waals surface area contributed by atoms with Crippen molar-refractivity contribution in [2.24, 2.45) is 5.73 Å². The molecule has 2 N–H and O–H groups in total. The minimum absolute atomic E-state index is 0.375. The molecule has 5 nitrogen and oxygen atoms in total. The number of nitrogens with two attached hydrogens (primary N) is 1. The second kappa shape index (κ2) is 10.9. The van der Waals surface area contributed by atoms with Gasteiger partial charge in [-0.2, -0.15) is 0 Å². The van der Waals surface area contributed by atoms with Gasteiger partial charge in [0, 0.05) is 49.5 Å². The molecule has 0 atom stereocenters. The molecule has 0 aliphatic carbocycles. The monoisotopic (exact) mass is 497 g/mol. The van der Waals surface area contributed by atoms with Crippen LogP contribution in [0.15, 0.2) is 97.1 Å². The predicted molar refractivity (Wildman–Crippen MR) is 146 cm³/mol. The first-order valence-corrected chi connectivity index (χ1v) is 12.4. The van der Waals surface area contributed by atoms with Crippen LogP contribution in [0.5, 0.6) is 11.5 Å². The van der Waals surface area contributed by atoms with Crippen molar-refractivity contribution in [1.29, 1.82) is 0 Å². The minimum Gasteiger partial charge on any atom is -0.456 e. The molecule has 1 heterocycles. The van der Waals surface area contributed by atoms with Gasteiger partial charge in [-0.1, -0.05) is 66.2 Å². The number of carbonyl (C=O) groups excluding carboxylic acids is 1. The number of nitrogens with zero attached hydrogens (tertiary/aromatic N) is 2. The van der Waals surface area contributed by atoms with Gasteiger partial charge in [0.1, 0.15) is 11.5 Å². The molecule has 1 fully saturated rings. The van der Waals surface area contributed by atoms with Crippen molar-refractivity contribution in [3.8, 4) is 22.6 Å². The summed E-state index contributed by atoms with van der Waals surface area (Å²) in [7, 11) is 0. The van der Waals surface area contributed by atoms with Gasteiger partial charge >= 0.3 is 0 Å². The summed E-state index contributed by atoms with van der Waals surface area (Å²) in [5, 5.41) is 0.744. The highest BCUT2D eigenvalue weighted by atomic mass is 35.5. The molecule has 0 saturated carbocycles. The molecule has 1 amide bonds. The molecule has 0 unspecified atom stereocenters. The third-order valence-electron chi connectivity index (χ3n) is 6.51. The summed E-state index contributed by atoms with van der Waals surface area (Å²) in [5.41, 5.74) is 10.7. The maximum absolute atomic E-state index is 12.0. The Morgan fingerprint density at radius 3 is 2.25 bits per heavy atom. The molecule has 1 aliphatic rings. The fraction of sp³-hybridized carbons (Fsp3) is 0.167. The van der Waals surface area contributed by atoms with Gasteiger partial charge in [0.15, 0.2) is 0 Å². The number of carbonyl (C=O) groups is 1. The Balaban J connectivity index is 1.28. The highest BCUT2D eigenvalue weighted by Crippen LogP contribution is 2.31. The topological polar surface area (TPSA) is 58.8 Å². The van der Waals surface area contributed by atoms with Gasteiger partial charge < -0.3 is 15.4 Å². The van der Waals surface area contributed by atoms with Gasteiger partial charge in [0.25, 0.3) is 5.91 Å². The Morgan fingerprint density at radius 2 is 1.53 bits per heavy atom. The van der Waals surface area contributed by atoms with Crippen LogP contribution < -0.4 is 15.4 Å². The quantitative estimate of drug-likeness (QED) is 0.329. The van der Waals surface area contributed by atoms with Crippen molar-refractivity contribution in [1.82, 2.24) is 4.90 Å². The van der Waals surface area contributed by atoms with E-state index in [1.54, 1.807) is 6.07 Å². The average Bonchev–Trinajstić information content (AvgIpc) is 2.90. The molecule has 182 valence electrons. The fourth-order valence-corrected chi connectivity index (χ4v) is 4.71. The number of hydrogen-bond donors (Lipinski definition) is 1. The number of hydrogen-bond acceptors (Lipinski definition) is 4. The molecule has 4 aromatic carbocycles. The van der Waals surface area contributed by atoms with Crippen molar-refractivity contribution < 1.29 is 9.53 Å². The summed E-state index contributed by atoms with van der Waals surface area (Å²) in [4.78, 5) is 16.8. The smallest absolute Gasteiger partial charge is 0.252 e. The van der Waals surface area contributed by atoms with E-state index >= 15 is 0 Å². The van der Waals surface area contributed by atoms with E-state index in [1.165, 1.54) is 16.7 Å². The zero-order valence-corrected chi connectivity index (χ0v) is 20.7. The van der Waals surface area contributed by atoms with Crippen LogP contribution >= 0.6 is 11.6 Å². The van der Waals surface area contributed by atoms with Gasteiger partial charge in [0.2, 0.25) is 0 Å². The largest absolute Gasteiger partial charge is 0.456 e. The lowest BCUT2D eigenvalue weighted by Crippen LogP contribution is -2.46. The maximum atomic E-state index is 12.0. The van der Waals surface area contributed by atoms with Crippen molar-refractivity contribution in [3.63, 3.8) is 0 Å². The number of rotatable bonds is 7. The van der Waals surface area contributed by atoms with Gasteiger partial charge in [-0.25, -0.2) is 0 Å². The van der Waals surface area contributed by atoms with E-state index in [-0.39, 0.29) is 0 Å². The van der Waals surface area contributed by atoms with E-state index in [2.05, 4.69) is 46.2 Å². The molecule has 0 bridgehead atoms. The van der Waals surface area contributed by atoms with Crippen LogP contribution in [0.4, 0.5) is 5.69 Å². The number of amides is 1. The van der Waals surface area contributed by atoms with Gasteiger partial charge in [-0.3, -0.25) is 9.69 Å². The Labute approximate surface area is 216 Å². The van der Waals surface area contributed by atoms with Gasteiger partial charge in [-0.05, 0) is 53.1 Å². The van der Waals surface area contributed by atoms with E-state index in [0.717, 1.165) is 43.4 Å². The lowest BCUT2D eigenvalue weighted by molar-refractivity contribution is 0.0998. The fourth-order valence-electron chi connectivity index (χ4n) is 4.59. The summed E-state index contributed by atoms with van der Waals surface area (Å²) < 4.78 is 6.02. The zero-order chi connectivity index (χ0) is 24.9. The van der Waals surface area contributed by atoms with Crippen LogP contribution in [0.2, 0.25) is 5.02 Å². The first kappa shape index (κ1) is 23.9. The third-order valence-corrected chi connectivity index (χ3v) is 6.76. The second-order valence-corrected chi connectivity index (χ2v) is 9.32. The first-order chi connectivity index (χ1) is 17.6. The third kappa shape index (κ3) is 5.54. The number of halogens is 1. The number of para-hydroxylation sites is 1. The lowest BCUT2D eigenvalue weighted by Gasteiger charge is -2.36. The van der Waals surface area contributed by atoms with Crippen LogP contribution in [0, 0.1) is 0 Å². The van der Waals surface area contributed by atoms with E-state index in [4.69, 9.17) is 22.1 Å². The van der Waals surface area contributed by atoms with Crippen LogP contribution in [0.1, 0.15) is 15.9 Å². The number of ether oxygens (including phenoxy) is 1. The summed E-state index contributed by atoms with van der Waals surface area (Å²) >= 11 is 6.09. The molecular formula is C30H28ClN3O2. The summed E-state index contributed by atoms with van der Waals surface area (Å²) in [6, 6.07) is 31.6. The van der Waals surface area contributed by atoms with E-state index in [9.17, 15) is 4.79 Å². The van der Waals surface area contributed by atoms with Crippen LogP contribution in [-0.2, 0) is 6.54 Å². The second-order valence-electron chi connectivity index (χ2n) is 8.89. The summed E-state index contributed by atoms with van der Waals surface area (Å²) in [6.07, 6.45) is 0. The normalized spacial score (nSPS) is 14.0. The van der Waals surface area contributed by atoms with E-state index < -0.39 is 5.91 Å². The maximum Gasteiger partial charge on any atom is 0.252 e. The Kier molecular flexibility index (Phi) is 7.21. The molecule has 36 heavy (non-hydrogen) atoms. The van der Waals surface area contributed by atoms with E-state index in [0.29, 0.717) is 17.1 Å². The molecule has 0 radical (unpaired) electrons. The molecule has 0 spiro atoms. The van der Waals surface area contributed by atoms with Crippen LogP contribution in [0.25, 0.3) is 11.1 Å². The minimum atomic E-state index is -0.503. The average molecular weight is 498 g/mol. The van der Waals surface area contributed by atoms with Gasteiger partial charge in [0.05, 0.1) is 5.56 Å². The zero-order valence-electron chi connectivity index (χ0n) is 19.9. The molecule has 4 aromatic rings. The Morgan fingerprint density at radius 1 is 0.833 bits per heavy atom. The van der Waals surface area contributed by atoms with Gasteiger partial charge in [-0.15, -0.1) is 0 Å². The van der Waals surface area contributed by atoms with E-state index in [1.807, 2.05) is 54.6 Å². The highest BCUT2D eigenvalue weighted by molar-refractivity contribution is 6.30. The van der Waals surface area contributed by atoms with Crippen molar-refractivity contribution in [2.45, 2.75) is 6.54 Å². The summed E-state index contributed by atoms with van der Waals surface area (Å²) in [5.74, 6) is 0.642. The predicted octanol–water partition coefficient (Wildman–Crippen LogP) is 6.22. The summed E-state index contributed by atoms with van der Waals surface area (Å²) in [6.45, 7) is 4.51. The lowest BCUT2D eigenvalue weighted by atomic mass is 9.99. The molecule has 6 heteroatoms. The highest BCUT2D eigenvalue weighted by Gasteiger charge is 2.20. The van der Waals surface area contributed by atoms with Crippen LogP contribution in [0.3, 0.4) is 0 Å². The standard InChI is InChI=1S/C30H28ClN3O2/c31-24-12-10-22(11-13-24)27-9-5-4-6-23(27)21-33-16-18-34(19-17-33)25-14-15-28(30(32)35)29(20-25)36-26-7-2-1-3-8-26/h1-15,20H,16-19,21H2,(H2,32,35). The van der Waals surface area contributed by atoms with Crippen molar-refractivity contribution in [3.05, 3.63) is 113 Å². The molecule has 1 aliphatic heterocycles. The first-order valence-electron chi connectivity index (χ1n) is 12.0. The molecule has 0 aromatic heterocycles. The van der Waals surface area contributed by atoms with Crippen molar-refractivity contribution in [2.75, 3.05) is 31.1 Å². The van der Waals surface area contributed by atoms with Crippen molar-refractivity contribution >= 4 is 23.2 Å². The van der Waals surface area contributed by atoms with Crippen LogP contribution in [-0.4, -0.2) is 37.0 Å². The number of primary amides is 1.